The smallest absolute Gasteiger partial charge is 0.0131 e. The van der Waals surface area contributed by atoms with E-state index in [-0.39, 0.29) is 5.54 Å². The van der Waals surface area contributed by atoms with Gasteiger partial charge in [0.25, 0.3) is 0 Å². The summed E-state index contributed by atoms with van der Waals surface area (Å²) in [7, 11) is 0. The van der Waals surface area contributed by atoms with Gasteiger partial charge in [-0.05, 0) is 86.8 Å². The molecule has 0 spiro atoms. The molecule has 23 heavy (non-hydrogen) atoms. The molecule has 1 heteroatoms. The number of aryl methyl sites for hydroxylation is 1. The molecule has 0 aromatic heterocycles. The van der Waals surface area contributed by atoms with Crippen molar-refractivity contribution in [3.63, 3.8) is 0 Å². The van der Waals surface area contributed by atoms with Crippen LogP contribution in [0.15, 0.2) is 30.4 Å². The van der Waals surface area contributed by atoms with E-state index < -0.39 is 0 Å². The highest BCUT2D eigenvalue weighted by molar-refractivity contribution is 5.36. The zero-order valence-electron chi connectivity index (χ0n) is 15.0. The molecule has 0 saturated heterocycles. The van der Waals surface area contributed by atoms with Crippen molar-refractivity contribution in [3.05, 3.63) is 47.0 Å². The van der Waals surface area contributed by atoms with Gasteiger partial charge in [-0.25, -0.2) is 0 Å². The molecule has 2 N–H and O–H groups in total. The van der Waals surface area contributed by atoms with Crippen LogP contribution in [-0.4, -0.2) is 5.54 Å². The van der Waals surface area contributed by atoms with Gasteiger partial charge >= 0.3 is 0 Å². The van der Waals surface area contributed by atoms with Crippen LogP contribution < -0.4 is 5.73 Å². The second-order valence-electron chi connectivity index (χ2n) is 8.23. The highest BCUT2D eigenvalue weighted by Gasteiger charge is 2.32. The van der Waals surface area contributed by atoms with Crippen LogP contribution in [0.2, 0.25) is 0 Å². The van der Waals surface area contributed by atoms with Gasteiger partial charge in [-0.1, -0.05) is 43.7 Å². The quantitative estimate of drug-likeness (QED) is 0.712. The Morgan fingerprint density at radius 2 is 2.09 bits per heavy atom. The summed E-state index contributed by atoms with van der Waals surface area (Å²) in [5, 5.41) is 0. The average Bonchev–Trinajstić information content (AvgIpc) is 2.91. The lowest BCUT2D eigenvalue weighted by molar-refractivity contribution is 0.462. The van der Waals surface area contributed by atoms with Gasteiger partial charge < -0.3 is 5.73 Å². The van der Waals surface area contributed by atoms with E-state index in [1.54, 1.807) is 16.7 Å². The number of fused-ring (bicyclic) bond motifs is 1. The Labute approximate surface area is 142 Å². The number of unbranched alkanes of at least 4 members (excludes halogenated alkanes) is 1. The molecule has 1 nitrogen and oxygen atoms in total. The van der Waals surface area contributed by atoms with Gasteiger partial charge in [0, 0.05) is 5.54 Å². The van der Waals surface area contributed by atoms with Gasteiger partial charge in [0.15, 0.2) is 0 Å². The zero-order valence-corrected chi connectivity index (χ0v) is 15.0. The average molecular weight is 312 g/mol. The van der Waals surface area contributed by atoms with Crippen LogP contribution in [0.4, 0.5) is 0 Å². The molecule has 0 bridgehead atoms. The molecule has 0 aliphatic heterocycles. The summed E-state index contributed by atoms with van der Waals surface area (Å²) in [5.41, 5.74) is 11.1. The van der Waals surface area contributed by atoms with E-state index in [0.717, 1.165) is 12.3 Å². The molecule has 0 unspecified atom stereocenters. The lowest BCUT2D eigenvalue weighted by Gasteiger charge is -2.25. The van der Waals surface area contributed by atoms with E-state index in [0.29, 0.717) is 5.92 Å². The van der Waals surface area contributed by atoms with Crippen LogP contribution in [0, 0.1) is 5.92 Å². The van der Waals surface area contributed by atoms with Gasteiger partial charge in [0.05, 0.1) is 0 Å². The second-order valence-corrected chi connectivity index (χ2v) is 8.23. The van der Waals surface area contributed by atoms with Crippen molar-refractivity contribution < 1.29 is 0 Å². The van der Waals surface area contributed by atoms with Gasteiger partial charge in [0.1, 0.15) is 0 Å². The third-order valence-electron chi connectivity index (χ3n) is 5.90. The molecule has 1 saturated carbocycles. The first-order valence-electron chi connectivity index (χ1n) is 9.63. The van der Waals surface area contributed by atoms with Crippen molar-refractivity contribution in [2.75, 3.05) is 0 Å². The molecule has 3 rings (SSSR count). The molecule has 2 aliphatic carbocycles. The predicted molar refractivity (Wildman–Crippen MR) is 99.8 cm³/mol. The number of benzene rings is 1. The van der Waals surface area contributed by atoms with Crippen molar-refractivity contribution in [3.8, 4) is 0 Å². The van der Waals surface area contributed by atoms with Gasteiger partial charge in [-0.2, -0.15) is 0 Å². The first-order valence-corrected chi connectivity index (χ1v) is 9.63. The molecule has 0 heterocycles. The van der Waals surface area contributed by atoms with Gasteiger partial charge in [0.2, 0.25) is 0 Å². The molecule has 1 fully saturated rings. The fraction of sp³-hybridized carbons (Fsp3) is 0.636. The van der Waals surface area contributed by atoms with E-state index >= 15 is 0 Å². The van der Waals surface area contributed by atoms with Crippen molar-refractivity contribution in [2.24, 2.45) is 11.7 Å². The summed E-state index contributed by atoms with van der Waals surface area (Å²) < 4.78 is 0. The summed E-state index contributed by atoms with van der Waals surface area (Å²) in [6.45, 7) is 4.46. The summed E-state index contributed by atoms with van der Waals surface area (Å²) in [6.07, 6.45) is 16.0. The maximum absolute atomic E-state index is 6.32. The standard InChI is InChI=1S/C22H33N/c1-3-4-5-6-7-17-8-9-19-15-20(11-10-18(19)14-17)21-12-13-22(2,23)16-21/h5-6,10-11,15,17,21H,3-4,7-9,12-14,16,23H2,1-2H3/b6-5+/t17-,21+,22-/m1/s1. The van der Waals surface area contributed by atoms with Crippen molar-refractivity contribution in [1.82, 2.24) is 0 Å². The zero-order chi connectivity index (χ0) is 16.3. The molecular weight excluding hydrogens is 278 g/mol. The number of rotatable bonds is 5. The van der Waals surface area contributed by atoms with Crippen LogP contribution >= 0.6 is 0 Å². The first-order chi connectivity index (χ1) is 11.1. The van der Waals surface area contributed by atoms with Crippen LogP contribution in [0.1, 0.15) is 81.4 Å². The Kier molecular flexibility index (Phi) is 5.26. The number of nitrogens with two attached hydrogens (primary N) is 1. The summed E-state index contributed by atoms with van der Waals surface area (Å²) in [4.78, 5) is 0. The Hall–Kier alpha value is -1.08. The minimum absolute atomic E-state index is 0.0521. The minimum Gasteiger partial charge on any atom is -0.325 e. The Bertz CT molecular complexity index is 555. The minimum atomic E-state index is 0.0521. The lowest BCUT2D eigenvalue weighted by Crippen LogP contribution is -2.32. The molecule has 3 atom stereocenters. The number of hydrogen-bond donors (Lipinski definition) is 1. The third kappa shape index (κ3) is 4.26. The summed E-state index contributed by atoms with van der Waals surface area (Å²) in [5.74, 6) is 1.53. The van der Waals surface area contributed by atoms with Crippen LogP contribution in [-0.2, 0) is 12.8 Å². The normalized spacial score (nSPS) is 30.7. The summed E-state index contributed by atoms with van der Waals surface area (Å²) in [6, 6.07) is 7.31. The fourth-order valence-corrected chi connectivity index (χ4v) is 4.43. The highest BCUT2D eigenvalue weighted by Crippen LogP contribution is 2.40. The third-order valence-corrected chi connectivity index (χ3v) is 5.90. The maximum Gasteiger partial charge on any atom is 0.0131 e. The molecule has 0 amide bonds. The number of allylic oxidation sites excluding steroid dienone is 2. The lowest BCUT2D eigenvalue weighted by atomic mass is 9.80. The maximum atomic E-state index is 6.32. The first kappa shape index (κ1) is 16.8. The van der Waals surface area contributed by atoms with E-state index in [1.165, 1.54) is 51.4 Å². The summed E-state index contributed by atoms with van der Waals surface area (Å²) >= 11 is 0. The highest BCUT2D eigenvalue weighted by atomic mass is 14.7. The van der Waals surface area contributed by atoms with E-state index in [2.05, 4.69) is 44.2 Å². The van der Waals surface area contributed by atoms with E-state index in [9.17, 15) is 0 Å². The largest absolute Gasteiger partial charge is 0.325 e. The molecule has 1 aromatic carbocycles. The van der Waals surface area contributed by atoms with Crippen molar-refractivity contribution in [2.45, 2.75) is 83.1 Å². The molecule has 2 aliphatic rings. The van der Waals surface area contributed by atoms with Gasteiger partial charge in [-0.15, -0.1) is 0 Å². The molecule has 126 valence electrons. The topological polar surface area (TPSA) is 26.0 Å². The molecule has 1 aromatic rings. The van der Waals surface area contributed by atoms with Gasteiger partial charge in [-0.3, -0.25) is 0 Å². The second kappa shape index (κ2) is 7.21. The van der Waals surface area contributed by atoms with Crippen LogP contribution in [0.5, 0.6) is 0 Å². The predicted octanol–water partition coefficient (Wildman–Crippen LogP) is 5.52. The molecule has 0 radical (unpaired) electrons. The Morgan fingerprint density at radius 3 is 2.83 bits per heavy atom. The van der Waals surface area contributed by atoms with Crippen LogP contribution in [0.3, 0.4) is 0 Å². The van der Waals surface area contributed by atoms with E-state index in [1.807, 2.05) is 0 Å². The Balaban J connectivity index is 1.62. The van der Waals surface area contributed by atoms with Crippen molar-refractivity contribution in [1.29, 1.82) is 0 Å². The Morgan fingerprint density at radius 1 is 1.22 bits per heavy atom. The molecular formula is C22H33N. The van der Waals surface area contributed by atoms with Crippen molar-refractivity contribution >= 4 is 0 Å². The monoisotopic (exact) mass is 311 g/mol. The number of hydrogen-bond acceptors (Lipinski definition) is 1. The fourth-order valence-electron chi connectivity index (χ4n) is 4.43. The van der Waals surface area contributed by atoms with E-state index in [4.69, 9.17) is 5.73 Å². The van der Waals surface area contributed by atoms with Crippen LogP contribution in [0.25, 0.3) is 0 Å². The SMILES string of the molecule is CCC/C=C/C[C@@H]1CCc2cc([C@H]3CC[C@@](C)(N)C3)ccc2C1.